The van der Waals surface area contributed by atoms with Gasteiger partial charge in [-0.2, -0.15) is 0 Å². The first-order chi connectivity index (χ1) is 16.1. The van der Waals surface area contributed by atoms with Crippen LogP contribution in [0.15, 0.2) is 67.1 Å². The zero-order valence-corrected chi connectivity index (χ0v) is 18.6. The molecule has 4 aromatic rings. The van der Waals surface area contributed by atoms with Gasteiger partial charge in [-0.05, 0) is 59.9 Å². The van der Waals surface area contributed by atoms with Gasteiger partial charge < -0.3 is 19.9 Å². The summed E-state index contributed by atoms with van der Waals surface area (Å²) in [4.78, 5) is 26.7. The van der Waals surface area contributed by atoms with Gasteiger partial charge in [0.2, 0.25) is 0 Å². The number of aryl methyl sites for hydroxylation is 1. The van der Waals surface area contributed by atoms with Gasteiger partial charge in [-0.3, -0.25) is 0 Å². The molecule has 1 aliphatic heterocycles. The number of benzene rings is 2. The Hall–Kier alpha value is -4.13. The van der Waals surface area contributed by atoms with E-state index in [9.17, 15) is 4.79 Å². The van der Waals surface area contributed by atoms with Crippen LogP contribution in [0.2, 0.25) is 0 Å². The molecule has 0 saturated carbocycles. The summed E-state index contributed by atoms with van der Waals surface area (Å²) in [5.41, 5.74) is 6.87. The third-order valence-electron chi connectivity index (χ3n) is 5.98. The summed E-state index contributed by atoms with van der Waals surface area (Å²) in [5, 5.41) is 4.09. The Morgan fingerprint density at radius 3 is 2.73 bits per heavy atom. The molecule has 5 rings (SSSR count). The van der Waals surface area contributed by atoms with Crippen LogP contribution in [0.5, 0.6) is 5.75 Å². The van der Waals surface area contributed by atoms with Gasteiger partial charge in [-0.1, -0.05) is 30.3 Å². The number of urea groups is 1. The van der Waals surface area contributed by atoms with Crippen LogP contribution in [0.1, 0.15) is 17.7 Å². The van der Waals surface area contributed by atoms with E-state index in [1.54, 1.807) is 13.4 Å². The average molecular weight is 440 g/mol. The van der Waals surface area contributed by atoms with E-state index in [1.165, 1.54) is 0 Å². The molecule has 7 nitrogen and oxygen atoms in total. The van der Waals surface area contributed by atoms with Crippen molar-refractivity contribution in [2.24, 2.45) is 0 Å². The number of aromatic amines is 1. The van der Waals surface area contributed by atoms with E-state index in [-0.39, 0.29) is 6.03 Å². The minimum Gasteiger partial charge on any atom is -0.497 e. The third kappa shape index (κ3) is 4.17. The van der Waals surface area contributed by atoms with Gasteiger partial charge in [0.15, 0.2) is 0 Å². The molecule has 0 bridgehead atoms. The Morgan fingerprint density at radius 1 is 1.12 bits per heavy atom. The minimum absolute atomic E-state index is 0.112. The number of carbonyl (C=O) groups is 1. The molecule has 33 heavy (non-hydrogen) atoms. The molecule has 7 heteroatoms. The monoisotopic (exact) mass is 439 g/mol. The molecular formula is C26H25N5O2. The molecule has 0 fully saturated rings. The van der Waals surface area contributed by atoms with Gasteiger partial charge in [-0.25, -0.2) is 14.8 Å². The number of amides is 2. The normalized spacial score (nSPS) is 13.6. The molecule has 0 saturated heterocycles. The average Bonchev–Trinajstić information content (AvgIpc) is 3.25. The maximum Gasteiger partial charge on any atom is 0.322 e. The maximum atomic E-state index is 12.9. The van der Waals surface area contributed by atoms with Crippen molar-refractivity contribution in [3.05, 3.63) is 78.4 Å². The van der Waals surface area contributed by atoms with E-state index in [0.29, 0.717) is 13.1 Å². The number of carbonyl (C=O) groups excluding carboxylic acids is 1. The number of fused-ring (bicyclic) bond motifs is 1. The lowest BCUT2D eigenvalue weighted by atomic mass is 10.0. The fourth-order valence-electron chi connectivity index (χ4n) is 4.21. The smallest absolute Gasteiger partial charge is 0.322 e. The number of nitrogens with one attached hydrogen (secondary N) is 2. The maximum absolute atomic E-state index is 12.9. The van der Waals surface area contributed by atoms with Gasteiger partial charge in [-0.15, -0.1) is 0 Å². The molecule has 166 valence electrons. The number of ether oxygens (including phenoxy) is 1. The summed E-state index contributed by atoms with van der Waals surface area (Å²) in [7, 11) is 1.65. The lowest BCUT2D eigenvalue weighted by molar-refractivity contribution is 0.217. The van der Waals surface area contributed by atoms with Gasteiger partial charge in [0, 0.05) is 30.4 Å². The van der Waals surface area contributed by atoms with Crippen molar-refractivity contribution in [2.75, 3.05) is 25.5 Å². The zero-order valence-electron chi connectivity index (χ0n) is 18.6. The lowest BCUT2D eigenvalue weighted by Crippen LogP contribution is -2.38. The van der Waals surface area contributed by atoms with E-state index >= 15 is 0 Å². The molecular weight excluding hydrogens is 414 g/mol. The van der Waals surface area contributed by atoms with Crippen molar-refractivity contribution < 1.29 is 9.53 Å². The largest absolute Gasteiger partial charge is 0.497 e. The standard InChI is InChI=1S/C26H25N5O2/c1-17-15-27-25-23(17)24(28-16-29-25)18-9-11-31(12-10-18)26(32)30-21-7-3-5-19(13-21)20-6-4-8-22(14-20)33-2/h3-9,13-16H,10-12H2,1-2H3,(H,30,32)(H,27,28,29). The number of H-pyrrole nitrogens is 1. The number of rotatable bonds is 4. The molecule has 0 atom stereocenters. The first-order valence-corrected chi connectivity index (χ1v) is 10.9. The number of aromatic nitrogens is 3. The van der Waals surface area contributed by atoms with Crippen LogP contribution < -0.4 is 10.1 Å². The molecule has 0 spiro atoms. The van der Waals surface area contributed by atoms with Crippen LogP contribution in [-0.4, -0.2) is 46.1 Å². The molecule has 0 aliphatic carbocycles. The van der Waals surface area contributed by atoms with Gasteiger partial charge in [0.1, 0.15) is 17.7 Å². The van der Waals surface area contributed by atoms with E-state index in [1.807, 2.05) is 59.6 Å². The van der Waals surface area contributed by atoms with E-state index in [2.05, 4.69) is 33.3 Å². The van der Waals surface area contributed by atoms with Crippen LogP contribution >= 0.6 is 0 Å². The molecule has 2 aromatic heterocycles. The summed E-state index contributed by atoms with van der Waals surface area (Å²) < 4.78 is 5.33. The van der Waals surface area contributed by atoms with Crippen LogP contribution in [0, 0.1) is 6.92 Å². The predicted octanol–water partition coefficient (Wildman–Crippen LogP) is 5.26. The highest BCUT2D eigenvalue weighted by Gasteiger charge is 2.21. The highest BCUT2D eigenvalue weighted by atomic mass is 16.5. The summed E-state index contributed by atoms with van der Waals surface area (Å²) >= 11 is 0. The number of nitrogens with zero attached hydrogens (tertiary/aromatic N) is 3. The molecule has 1 aliphatic rings. The van der Waals surface area contributed by atoms with Crippen LogP contribution in [0.4, 0.5) is 10.5 Å². The fraction of sp³-hybridized carbons (Fsp3) is 0.192. The van der Waals surface area contributed by atoms with Crippen LogP contribution in [0.25, 0.3) is 27.7 Å². The second kappa shape index (κ2) is 8.78. The number of hydrogen-bond acceptors (Lipinski definition) is 4. The van der Waals surface area contributed by atoms with E-state index in [4.69, 9.17) is 4.74 Å². The number of anilines is 1. The Balaban J connectivity index is 1.30. The summed E-state index contributed by atoms with van der Waals surface area (Å²) in [6.07, 6.45) is 6.37. The molecule has 3 heterocycles. The molecule has 2 N–H and O–H groups in total. The molecule has 2 aromatic carbocycles. The second-order valence-corrected chi connectivity index (χ2v) is 8.09. The summed E-state index contributed by atoms with van der Waals surface area (Å²) in [6.45, 7) is 3.21. The number of hydrogen-bond donors (Lipinski definition) is 2. The van der Waals surface area contributed by atoms with Crippen molar-refractivity contribution in [2.45, 2.75) is 13.3 Å². The Bertz CT molecular complexity index is 1360. The fourth-order valence-corrected chi connectivity index (χ4v) is 4.21. The van der Waals surface area contributed by atoms with E-state index in [0.717, 1.165) is 56.8 Å². The SMILES string of the molecule is COc1cccc(-c2cccc(NC(=O)N3CC=C(c4ncnc5[nH]cc(C)c45)CC3)c2)c1. The van der Waals surface area contributed by atoms with Crippen molar-refractivity contribution >= 4 is 28.3 Å². The molecule has 0 unspecified atom stereocenters. The third-order valence-corrected chi connectivity index (χ3v) is 5.98. The zero-order chi connectivity index (χ0) is 22.8. The minimum atomic E-state index is -0.112. The highest BCUT2D eigenvalue weighted by Crippen LogP contribution is 2.29. The van der Waals surface area contributed by atoms with Gasteiger partial charge in [0.25, 0.3) is 0 Å². The first-order valence-electron chi connectivity index (χ1n) is 10.9. The Labute approximate surface area is 192 Å². The first kappa shape index (κ1) is 20.8. The van der Waals surface area contributed by atoms with Gasteiger partial charge in [0.05, 0.1) is 12.8 Å². The van der Waals surface area contributed by atoms with Crippen molar-refractivity contribution in [1.29, 1.82) is 0 Å². The summed E-state index contributed by atoms with van der Waals surface area (Å²) in [5.74, 6) is 0.800. The van der Waals surface area contributed by atoms with E-state index < -0.39 is 0 Å². The summed E-state index contributed by atoms with van der Waals surface area (Å²) in [6, 6.07) is 15.6. The Morgan fingerprint density at radius 2 is 1.94 bits per heavy atom. The Kier molecular flexibility index (Phi) is 5.52. The van der Waals surface area contributed by atoms with Crippen LogP contribution in [0.3, 0.4) is 0 Å². The van der Waals surface area contributed by atoms with Gasteiger partial charge >= 0.3 is 6.03 Å². The number of methoxy groups -OCH3 is 1. The predicted molar refractivity (Wildman–Crippen MR) is 130 cm³/mol. The topological polar surface area (TPSA) is 83.1 Å². The highest BCUT2D eigenvalue weighted by molar-refractivity contribution is 5.93. The van der Waals surface area contributed by atoms with Crippen molar-refractivity contribution in [1.82, 2.24) is 19.9 Å². The van der Waals surface area contributed by atoms with Crippen molar-refractivity contribution in [3.63, 3.8) is 0 Å². The molecule has 2 amide bonds. The van der Waals surface area contributed by atoms with Crippen LogP contribution in [-0.2, 0) is 0 Å². The quantitative estimate of drug-likeness (QED) is 0.454. The molecule has 0 radical (unpaired) electrons. The second-order valence-electron chi connectivity index (χ2n) is 8.09. The lowest BCUT2D eigenvalue weighted by Gasteiger charge is -2.27. The van der Waals surface area contributed by atoms with Crippen molar-refractivity contribution in [3.8, 4) is 16.9 Å².